The van der Waals surface area contributed by atoms with E-state index in [4.69, 9.17) is 0 Å². The summed E-state index contributed by atoms with van der Waals surface area (Å²) in [4.78, 5) is 11.5. The van der Waals surface area contributed by atoms with Crippen LogP contribution >= 0.6 is 0 Å². The van der Waals surface area contributed by atoms with Crippen LogP contribution < -0.4 is 5.32 Å². The Morgan fingerprint density at radius 1 is 1.64 bits per heavy atom. The minimum atomic E-state index is 0.654. The number of imidazole rings is 1. The van der Waals surface area contributed by atoms with Crippen molar-refractivity contribution >= 4 is 11.5 Å². The molecule has 11 heavy (non-hydrogen) atoms. The molecule has 0 aromatic carbocycles. The van der Waals surface area contributed by atoms with Crippen LogP contribution in [0.5, 0.6) is 0 Å². The fourth-order valence-corrected chi connectivity index (χ4v) is 1.23. The molecule has 0 bridgehead atoms. The number of fused-ring (bicyclic) bond motifs is 1. The largest absolute Gasteiger partial charge is 0.349 e. The first-order chi connectivity index (χ1) is 5.42. The third-order valence-electron chi connectivity index (χ3n) is 1.78. The molecule has 0 spiro atoms. The third kappa shape index (κ3) is 0.906. The summed E-state index contributed by atoms with van der Waals surface area (Å²) in [5, 5.41) is 3.08. The topological polar surface area (TPSA) is 53.1 Å². The van der Waals surface area contributed by atoms with E-state index >= 15 is 0 Å². The summed E-state index contributed by atoms with van der Waals surface area (Å²) in [6, 6.07) is 0. The van der Waals surface area contributed by atoms with Crippen LogP contribution in [0.25, 0.3) is 0 Å². The number of rotatable bonds is 1. The summed E-state index contributed by atoms with van der Waals surface area (Å²) in [5.41, 5.74) is 2.15. The zero-order chi connectivity index (χ0) is 7.68. The molecule has 2 rings (SSSR count). The lowest BCUT2D eigenvalue weighted by Gasteiger charge is -2.11. The molecule has 0 fully saturated rings. The van der Waals surface area contributed by atoms with Gasteiger partial charge >= 0.3 is 0 Å². The minimum absolute atomic E-state index is 0.654. The second kappa shape index (κ2) is 2.38. The van der Waals surface area contributed by atoms with Gasteiger partial charge in [-0.25, -0.2) is 4.98 Å². The fraction of sp³-hybridized carbons (Fsp3) is 0.429. The molecule has 4 heteroatoms. The molecule has 1 aromatic rings. The van der Waals surface area contributed by atoms with Crippen molar-refractivity contribution < 1.29 is 0 Å². The van der Waals surface area contributed by atoms with E-state index in [0.717, 1.165) is 23.6 Å². The van der Waals surface area contributed by atoms with Crippen LogP contribution in [0.4, 0.5) is 5.82 Å². The van der Waals surface area contributed by atoms with Crippen LogP contribution in [-0.4, -0.2) is 22.3 Å². The lowest BCUT2D eigenvalue weighted by atomic mass is 10.2. The van der Waals surface area contributed by atoms with Crippen molar-refractivity contribution in [2.24, 2.45) is 4.99 Å². The molecule has 0 unspecified atom stereocenters. The van der Waals surface area contributed by atoms with Crippen LogP contribution in [0.2, 0.25) is 0 Å². The highest BCUT2D eigenvalue weighted by atomic mass is 15.1. The highest BCUT2D eigenvalue weighted by Crippen LogP contribution is 2.15. The Morgan fingerprint density at radius 2 is 2.55 bits per heavy atom. The van der Waals surface area contributed by atoms with Gasteiger partial charge in [0, 0.05) is 0 Å². The first-order valence-corrected chi connectivity index (χ1v) is 3.72. The van der Waals surface area contributed by atoms with E-state index in [1.807, 2.05) is 0 Å². The minimum Gasteiger partial charge on any atom is -0.349 e. The van der Waals surface area contributed by atoms with Gasteiger partial charge in [-0.05, 0) is 6.42 Å². The molecule has 58 valence electrons. The van der Waals surface area contributed by atoms with E-state index in [2.05, 4.69) is 27.2 Å². The highest BCUT2D eigenvalue weighted by molar-refractivity contribution is 6.03. The first-order valence-electron chi connectivity index (χ1n) is 3.72. The van der Waals surface area contributed by atoms with E-state index < -0.39 is 0 Å². The molecule has 0 atom stereocenters. The number of aromatic nitrogens is 2. The molecule has 1 aliphatic rings. The number of H-pyrrole nitrogens is 1. The second-order valence-electron chi connectivity index (χ2n) is 2.42. The van der Waals surface area contributed by atoms with Crippen molar-refractivity contribution in [2.75, 3.05) is 12.0 Å². The standard InChI is InChI=1S/C7H10N4/c1-2-5-6-7(10-3-8-5)11-4-9-6/h4,10H,2-3H2,1H3,(H,9,11). The first kappa shape index (κ1) is 6.39. The maximum atomic E-state index is 4.30. The molecule has 4 nitrogen and oxygen atoms in total. The van der Waals surface area contributed by atoms with Gasteiger partial charge < -0.3 is 10.3 Å². The van der Waals surface area contributed by atoms with Crippen LogP contribution in [0.3, 0.4) is 0 Å². The summed E-state index contributed by atoms with van der Waals surface area (Å²) in [5.74, 6) is 0.928. The van der Waals surface area contributed by atoms with Gasteiger partial charge in [0.05, 0.1) is 12.0 Å². The van der Waals surface area contributed by atoms with Crippen molar-refractivity contribution in [1.82, 2.24) is 9.97 Å². The molecule has 0 radical (unpaired) electrons. The van der Waals surface area contributed by atoms with Gasteiger partial charge in [0.2, 0.25) is 0 Å². The summed E-state index contributed by atoms with van der Waals surface area (Å²) in [6.45, 7) is 2.75. The molecule has 2 heterocycles. The number of nitrogens with zero attached hydrogens (tertiary/aromatic N) is 2. The van der Waals surface area contributed by atoms with Crippen molar-refractivity contribution in [3.63, 3.8) is 0 Å². The highest BCUT2D eigenvalue weighted by Gasteiger charge is 2.13. The van der Waals surface area contributed by atoms with E-state index in [1.54, 1.807) is 6.33 Å². The number of aliphatic imine (C=N–C) groups is 1. The van der Waals surface area contributed by atoms with Gasteiger partial charge in [0.1, 0.15) is 12.4 Å². The molecule has 1 aliphatic heterocycles. The number of hydrogen-bond acceptors (Lipinski definition) is 3. The summed E-state index contributed by atoms with van der Waals surface area (Å²) in [6.07, 6.45) is 2.64. The predicted octanol–water partition coefficient (Wildman–Crippen LogP) is 0.992. The van der Waals surface area contributed by atoms with Crippen LogP contribution in [0, 0.1) is 0 Å². The van der Waals surface area contributed by atoms with Crippen molar-refractivity contribution in [1.29, 1.82) is 0 Å². The Morgan fingerprint density at radius 3 is 3.36 bits per heavy atom. The summed E-state index contributed by atoms with van der Waals surface area (Å²) in [7, 11) is 0. The number of anilines is 1. The Hall–Kier alpha value is -1.32. The van der Waals surface area contributed by atoms with Crippen LogP contribution in [0.15, 0.2) is 11.3 Å². The average molecular weight is 150 g/mol. The van der Waals surface area contributed by atoms with E-state index in [-0.39, 0.29) is 0 Å². The molecule has 0 saturated carbocycles. The zero-order valence-corrected chi connectivity index (χ0v) is 6.39. The van der Waals surface area contributed by atoms with Crippen molar-refractivity contribution in [2.45, 2.75) is 13.3 Å². The van der Waals surface area contributed by atoms with Crippen molar-refractivity contribution in [3.05, 3.63) is 12.0 Å². The number of hydrogen-bond donors (Lipinski definition) is 2. The maximum absolute atomic E-state index is 4.30. The van der Waals surface area contributed by atoms with E-state index in [0.29, 0.717) is 6.67 Å². The SMILES string of the molecule is CCC1=NCNc2nc[nH]c21. The Balaban J connectivity index is 2.45. The second-order valence-corrected chi connectivity index (χ2v) is 2.42. The van der Waals surface area contributed by atoms with Gasteiger partial charge in [-0.3, -0.25) is 4.99 Å². The van der Waals surface area contributed by atoms with Gasteiger partial charge in [-0.15, -0.1) is 0 Å². The van der Waals surface area contributed by atoms with Gasteiger partial charge in [0.15, 0.2) is 5.82 Å². The summed E-state index contributed by atoms with van der Waals surface area (Å²) < 4.78 is 0. The van der Waals surface area contributed by atoms with Gasteiger partial charge in [0.25, 0.3) is 0 Å². The monoisotopic (exact) mass is 150 g/mol. The van der Waals surface area contributed by atoms with Gasteiger partial charge in [-0.1, -0.05) is 6.92 Å². The molecule has 0 aliphatic carbocycles. The zero-order valence-electron chi connectivity index (χ0n) is 6.39. The third-order valence-corrected chi connectivity index (χ3v) is 1.78. The molecular formula is C7H10N4. The molecule has 1 aromatic heterocycles. The molecule has 0 amide bonds. The van der Waals surface area contributed by atoms with E-state index in [1.165, 1.54) is 0 Å². The van der Waals surface area contributed by atoms with Gasteiger partial charge in [-0.2, -0.15) is 0 Å². The molecule has 2 N–H and O–H groups in total. The summed E-state index contributed by atoms with van der Waals surface area (Å²) >= 11 is 0. The predicted molar refractivity (Wildman–Crippen MR) is 43.9 cm³/mol. The van der Waals surface area contributed by atoms with Crippen LogP contribution in [0.1, 0.15) is 19.0 Å². The quantitative estimate of drug-likeness (QED) is 0.627. The Kier molecular flexibility index (Phi) is 1.38. The van der Waals surface area contributed by atoms with Crippen LogP contribution in [-0.2, 0) is 0 Å². The number of aromatic amines is 1. The lowest BCUT2D eigenvalue weighted by molar-refractivity contribution is 1.06. The number of nitrogens with one attached hydrogen (secondary N) is 2. The lowest BCUT2D eigenvalue weighted by Crippen LogP contribution is -2.14. The molecule has 0 saturated heterocycles. The Bertz CT molecular complexity index is 286. The molecular weight excluding hydrogens is 140 g/mol. The Labute approximate surface area is 64.8 Å². The maximum Gasteiger partial charge on any atom is 0.154 e. The van der Waals surface area contributed by atoms with E-state index in [9.17, 15) is 0 Å². The fourth-order valence-electron chi connectivity index (χ4n) is 1.23. The smallest absolute Gasteiger partial charge is 0.154 e. The average Bonchev–Trinajstić information content (AvgIpc) is 2.50. The van der Waals surface area contributed by atoms with Crippen molar-refractivity contribution in [3.8, 4) is 0 Å². The normalized spacial score (nSPS) is 15.2.